The van der Waals surface area contributed by atoms with E-state index in [-0.39, 0.29) is 11.7 Å². The number of hydrogen-bond acceptors (Lipinski definition) is 2. The zero-order chi connectivity index (χ0) is 17.1. The van der Waals surface area contributed by atoms with E-state index in [4.69, 9.17) is 27.6 Å². The number of halogens is 2. The van der Waals surface area contributed by atoms with E-state index >= 15 is 0 Å². The van der Waals surface area contributed by atoms with Gasteiger partial charge in [0, 0.05) is 16.3 Å². The molecule has 24 heavy (non-hydrogen) atoms. The largest absolute Gasteiger partial charge is 0.451 e. The van der Waals surface area contributed by atoms with Crippen molar-refractivity contribution >= 4 is 34.8 Å². The molecule has 1 N–H and O–H groups in total. The molecule has 0 spiro atoms. The van der Waals surface area contributed by atoms with Gasteiger partial charge in [-0.15, -0.1) is 0 Å². The number of rotatable bonds is 4. The fraction of sp³-hybridized carbons (Fsp3) is 0.105. The van der Waals surface area contributed by atoms with Gasteiger partial charge in [0.15, 0.2) is 5.76 Å². The third-order valence-electron chi connectivity index (χ3n) is 3.65. The molecular formula is C19H15Cl2NO2. The molecule has 0 fully saturated rings. The number of amides is 1. The maximum atomic E-state index is 12.3. The lowest BCUT2D eigenvalue weighted by Crippen LogP contribution is -2.10. The number of carbonyl (C=O) groups excluding carboxylic acids is 1. The van der Waals surface area contributed by atoms with E-state index in [1.54, 1.807) is 30.3 Å². The third kappa shape index (κ3) is 3.64. The lowest BCUT2D eigenvalue weighted by molar-refractivity contribution is 0.0997. The van der Waals surface area contributed by atoms with Crippen LogP contribution in [0.3, 0.4) is 0 Å². The molecule has 5 heteroatoms. The number of benzene rings is 2. The van der Waals surface area contributed by atoms with Gasteiger partial charge in [-0.1, -0.05) is 42.3 Å². The Kier molecular flexibility index (Phi) is 4.93. The molecule has 0 saturated heterocycles. The normalized spacial score (nSPS) is 10.6. The van der Waals surface area contributed by atoms with Gasteiger partial charge in [0.2, 0.25) is 0 Å². The minimum atomic E-state index is -0.310. The highest BCUT2D eigenvalue weighted by molar-refractivity contribution is 6.36. The average molecular weight is 360 g/mol. The van der Waals surface area contributed by atoms with Crippen LogP contribution in [0.5, 0.6) is 0 Å². The molecule has 0 saturated carbocycles. The molecule has 1 amide bonds. The Morgan fingerprint density at radius 3 is 2.46 bits per heavy atom. The van der Waals surface area contributed by atoms with Crippen LogP contribution in [0.15, 0.2) is 59.0 Å². The summed E-state index contributed by atoms with van der Waals surface area (Å²) in [5, 5.41) is 3.83. The number of anilines is 1. The van der Waals surface area contributed by atoms with Gasteiger partial charge >= 0.3 is 0 Å². The highest BCUT2D eigenvalue weighted by atomic mass is 35.5. The summed E-state index contributed by atoms with van der Waals surface area (Å²) < 4.78 is 5.63. The predicted molar refractivity (Wildman–Crippen MR) is 97.9 cm³/mol. The summed E-state index contributed by atoms with van der Waals surface area (Å²) in [6.45, 7) is 2.08. The molecule has 122 valence electrons. The van der Waals surface area contributed by atoms with Crippen molar-refractivity contribution in [2.75, 3.05) is 5.32 Å². The summed E-state index contributed by atoms with van der Waals surface area (Å²) in [5.41, 5.74) is 2.62. The van der Waals surface area contributed by atoms with Crippen LogP contribution >= 0.6 is 23.2 Å². The molecule has 0 aliphatic heterocycles. The first-order valence-electron chi connectivity index (χ1n) is 7.52. The molecule has 1 heterocycles. The Hall–Kier alpha value is -2.23. The third-order valence-corrected chi connectivity index (χ3v) is 4.19. The Balaban J connectivity index is 1.78. The summed E-state index contributed by atoms with van der Waals surface area (Å²) in [6, 6.07) is 16.2. The van der Waals surface area contributed by atoms with Gasteiger partial charge in [-0.05, 0) is 54.4 Å². The van der Waals surface area contributed by atoms with Crippen molar-refractivity contribution in [3.63, 3.8) is 0 Å². The van der Waals surface area contributed by atoms with Gasteiger partial charge in [-0.3, -0.25) is 4.79 Å². The number of aryl methyl sites for hydroxylation is 1. The van der Waals surface area contributed by atoms with Crippen LogP contribution in [-0.4, -0.2) is 5.91 Å². The molecule has 0 atom stereocenters. The monoisotopic (exact) mass is 359 g/mol. The van der Waals surface area contributed by atoms with E-state index < -0.39 is 0 Å². The Bertz CT molecular complexity index is 869. The van der Waals surface area contributed by atoms with Crippen LogP contribution in [0.4, 0.5) is 5.69 Å². The molecule has 3 nitrogen and oxygen atoms in total. The molecule has 3 rings (SSSR count). The first kappa shape index (κ1) is 16.6. The van der Waals surface area contributed by atoms with Crippen LogP contribution < -0.4 is 5.32 Å². The second kappa shape index (κ2) is 7.12. The fourth-order valence-electron chi connectivity index (χ4n) is 2.31. The molecule has 3 aromatic rings. The van der Waals surface area contributed by atoms with Crippen LogP contribution in [0.1, 0.15) is 23.0 Å². The standard InChI is InChI=1S/C19H15Cl2NO2/c1-2-12-3-6-14(7-4-12)22-19(23)18-10-9-17(24-18)15-8-5-13(20)11-16(15)21/h3-11H,2H2,1H3,(H,22,23). The Labute approximate surface area is 150 Å². The van der Waals surface area contributed by atoms with Gasteiger partial charge in [-0.25, -0.2) is 0 Å². The van der Waals surface area contributed by atoms with Gasteiger partial charge in [0.25, 0.3) is 5.91 Å². The first-order valence-corrected chi connectivity index (χ1v) is 8.28. The number of nitrogens with one attached hydrogen (secondary N) is 1. The van der Waals surface area contributed by atoms with E-state index in [9.17, 15) is 4.79 Å². The Morgan fingerprint density at radius 1 is 1.04 bits per heavy atom. The smallest absolute Gasteiger partial charge is 0.291 e. The number of furan rings is 1. The lowest BCUT2D eigenvalue weighted by Gasteiger charge is -2.04. The van der Waals surface area contributed by atoms with Crippen molar-refractivity contribution in [1.29, 1.82) is 0 Å². The first-order chi connectivity index (χ1) is 11.6. The zero-order valence-electron chi connectivity index (χ0n) is 13.0. The van der Waals surface area contributed by atoms with Crippen LogP contribution in [0, 0.1) is 0 Å². The minimum absolute atomic E-state index is 0.218. The molecule has 0 unspecified atom stereocenters. The lowest BCUT2D eigenvalue weighted by atomic mass is 10.1. The summed E-state index contributed by atoms with van der Waals surface area (Å²) in [7, 11) is 0. The summed E-state index contributed by atoms with van der Waals surface area (Å²) in [5.74, 6) is 0.425. The topological polar surface area (TPSA) is 42.2 Å². The zero-order valence-corrected chi connectivity index (χ0v) is 14.5. The van der Waals surface area contributed by atoms with Crippen molar-refractivity contribution in [3.8, 4) is 11.3 Å². The number of carbonyl (C=O) groups is 1. The summed E-state index contributed by atoms with van der Waals surface area (Å²) in [6.07, 6.45) is 0.956. The maximum absolute atomic E-state index is 12.3. The van der Waals surface area contributed by atoms with E-state index in [1.165, 1.54) is 5.56 Å². The Morgan fingerprint density at radius 2 is 1.79 bits per heavy atom. The van der Waals surface area contributed by atoms with E-state index in [1.807, 2.05) is 24.3 Å². The quantitative estimate of drug-likeness (QED) is 0.614. The fourth-order valence-corrected chi connectivity index (χ4v) is 2.81. The van der Waals surface area contributed by atoms with E-state index in [0.717, 1.165) is 12.1 Å². The second-order valence-electron chi connectivity index (χ2n) is 5.29. The summed E-state index contributed by atoms with van der Waals surface area (Å²) >= 11 is 12.1. The van der Waals surface area contributed by atoms with Gasteiger partial charge in [-0.2, -0.15) is 0 Å². The van der Waals surface area contributed by atoms with Crippen LogP contribution in [-0.2, 0) is 6.42 Å². The van der Waals surface area contributed by atoms with Crippen LogP contribution in [0.25, 0.3) is 11.3 Å². The number of hydrogen-bond donors (Lipinski definition) is 1. The van der Waals surface area contributed by atoms with Crippen LogP contribution in [0.2, 0.25) is 10.0 Å². The van der Waals surface area contributed by atoms with Gasteiger partial charge in [0.1, 0.15) is 5.76 Å². The molecule has 2 aromatic carbocycles. The minimum Gasteiger partial charge on any atom is -0.451 e. The van der Waals surface area contributed by atoms with Crippen molar-refractivity contribution in [2.24, 2.45) is 0 Å². The molecular weight excluding hydrogens is 345 g/mol. The van der Waals surface area contributed by atoms with Crippen molar-refractivity contribution in [3.05, 3.63) is 76.0 Å². The molecule has 0 bridgehead atoms. The summed E-state index contributed by atoms with van der Waals surface area (Å²) in [4.78, 5) is 12.3. The maximum Gasteiger partial charge on any atom is 0.291 e. The molecule has 0 aliphatic rings. The van der Waals surface area contributed by atoms with Gasteiger partial charge in [0.05, 0.1) is 5.02 Å². The SMILES string of the molecule is CCc1ccc(NC(=O)c2ccc(-c3ccc(Cl)cc3Cl)o2)cc1. The predicted octanol–water partition coefficient (Wildman–Crippen LogP) is 6.07. The highest BCUT2D eigenvalue weighted by Gasteiger charge is 2.14. The van der Waals surface area contributed by atoms with Crippen molar-refractivity contribution in [1.82, 2.24) is 0 Å². The van der Waals surface area contributed by atoms with Crippen molar-refractivity contribution in [2.45, 2.75) is 13.3 Å². The average Bonchev–Trinajstić information content (AvgIpc) is 3.05. The molecule has 0 radical (unpaired) electrons. The van der Waals surface area contributed by atoms with Gasteiger partial charge < -0.3 is 9.73 Å². The highest BCUT2D eigenvalue weighted by Crippen LogP contribution is 2.31. The molecule has 1 aromatic heterocycles. The van der Waals surface area contributed by atoms with Crippen molar-refractivity contribution < 1.29 is 9.21 Å². The molecule has 0 aliphatic carbocycles. The second-order valence-corrected chi connectivity index (χ2v) is 6.14. The van der Waals surface area contributed by atoms with E-state index in [2.05, 4.69) is 12.2 Å². The van der Waals surface area contributed by atoms with E-state index in [0.29, 0.717) is 21.4 Å².